The number of hydrogen-bond donors (Lipinski definition) is 0. The van der Waals surface area contributed by atoms with Crippen molar-refractivity contribution in [3.8, 4) is 0 Å². The Balaban J connectivity index is 1.62. The third-order valence-corrected chi connectivity index (χ3v) is 5.05. The number of carbonyl (C=O) groups excluding carboxylic acids is 2. The number of hydrogen-bond acceptors (Lipinski definition) is 5. The van der Waals surface area contributed by atoms with Crippen LogP contribution in [0.15, 0.2) is 30.6 Å². The van der Waals surface area contributed by atoms with Gasteiger partial charge in [-0.25, -0.2) is 9.97 Å². The molecule has 0 N–H and O–H groups in total. The van der Waals surface area contributed by atoms with Gasteiger partial charge < -0.3 is 14.7 Å². The summed E-state index contributed by atoms with van der Waals surface area (Å²) in [6.45, 7) is 3.93. The first-order valence-electron chi connectivity index (χ1n) is 8.72. The fourth-order valence-corrected chi connectivity index (χ4v) is 3.73. The second kappa shape index (κ2) is 6.31. The van der Waals surface area contributed by atoms with Gasteiger partial charge >= 0.3 is 0 Å². The van der Waals surface area contributed by atoms with E-state index < -0.39 is 0 Å². The Kier molecular flexibility index (Phi) is 3.99. The van der Waals surface area contributed by atoms with Crippen LogP contribution >= 0.6 is 0 Å². The lowest BCUT2D eigenvalue weighted by molar-refractivity contribution is -0.132. The van der Waals surface area contributed by atoms with Crippen molar-refractivity contribution in [2.24, 2.45) is 0 Å². The number of benzene rings is 1. The quantitative estimate of drug-likeness (QED) is 0.842. The van der Waals surface area contributed by atoms with Gasteiger partial charge in [-0.15, -0.1) is 0 Å². The Morgan fingerprint density at radius 3 is 2.92 bits per heavy atom. The number of carbonyl (C=O) groups is 2. The summed E-state index contributed by atoms with van der Waals surface area (Å²) in [6.07, 6.45) is 3.28. The van der Waals surface area contributed by atoms with Gasteiger partial charge in [0.25, 0.3) is 0 Å². The van der Waals surface area contributed by atoms with Crippen LogP contribution in [0.3, 0.4) is 0 Å². The van der Waals surface area contributed by atoms with E-state index in [0.29, 0.717) is 13.2 Å². The molecule has 1 unspecified atom stereocenters. The molecule has 0 radical (unpaired) electrons. The molecule has 0 bridgehead atoms. The Bertz CT molecular complexity index is 819. The average Bonchev–Trinajstić information content (AvgIpc) is 3.27. The van der Waals surface area contributed by atoms with Crippen LogP contribution in [-0.2, 0) is 9.59 Å². The molecule has 0 spiro atoms. The molecule has 2 aliphatic rings. The number of nitrogens with zero attached hydrogens (tertiary/aromatic N) is 5. The summed E-state index contributed by atoms with van der Waals surface area (Å²) >= 11 is 0. The van der Waals surface area contributed by atoms with Crippen LogP contribution in [0.1, 0.15) is 19.8 Å². The standard InChI is InChI=1S/C18H21N5O2/c1-2-21-12-22(10-16(21)24)18(25)15-8-5-9-23(15)17-13-6-3-4-7-14(13)19-11-20-17/h3-4,6-7,11,15H,2,5,8-10,12H2,1H3. The highest BCUT2D eigenvalue weighted by molar-refractivity contribution is 5.95. The molecule has 2 saturated heterocycles. The van der Waals surface area contributed by atoms with Gasteiger partial charge in [0.15, 0.2) is 0 Å². The second-order valence-electron chi connectivity index (χ2n) is 6.49. The zero-order valence-corrected chi connectivity index (χ0v) is 14.3. The van der Waals surface area contributed by atoms with Crippen molar-refractivity contribution >= 4 is 28.5 Å². The maximum absolute atomic E-state index is 13.0. The first-order valence-corrected chi connectivity index (χ1v) is 8.72. The molecule has 0 aliphatic carbocycles. The summed E-state index contributed by atoms with van der Waals surface area (Å²) in [4.78, 5) is 39.2. The van der Waals surface area contributed by atoms with Crippen molar-refractivity contribution in [1.82, 2.24) is 19.8 Å². The maximum Gasteiger partial charge on any atom is 0.247 e. The minimum atomic E-state index is -0.261. The van der Waals surface area contributed by atoms with E-state index in [2.05, 4.69) is 14.9 Å². The van der Waals surface area contributed by atoms with Crippen molar-refractivity contribution in [3.63, 3.8) is 0 Å². The van der Waals surface area contributed by atoms with Crippen LogP contribution in [-0.4, -0.2) is 63.9 Å². The van der Waals surface area contributed by atoms with Crippen LogP contribution in [0.2, 0.25) is 0 Å². The van der Waals surface area contributed by atoms with Gasteiger partial charge in [-0.05, 0) is 31.9 Å². The number of aromatic nitrogens is 2. The van der Waals surface area contributed by atoms with E-state index in [0.717, 1.165) is 36.1 Å². The number of anilines is 1. The predicted octanol–water partition coefficient (Wildman–Crippen LogP) is 1.25. The van der Waals surface area contributed by atoms with Crippen molar-refractivity contribution in [2.75, 3.05) is 31.2 Å². The van der Waals surface area contributed by atoms with Gasteiger partial charge in [-0.2, -0.15) is 0 Å². The van der Waals surface area contributed by atoms with Crippen LogP contribution in [0.4, 0.5) is 5.82 Å². The molecular weight excluding hydrogens is 318 g/mol. The molecule has 130 valence electrons. The van der Waals surface area contributed by atoms with Crippen LogP contribution in [0, 0.1) is 0 Å². The zero-order valence-electron chi connectivity index (χ0n) is 14.3. The Morgan fingerprint density at radius 1 is 1.28 bits per heavy atom. The van der Waals surface area contributed by atoms with Crippen molar-refractivity contribution < 1.29 is 9.59 Å². The van der Waals surface area contributed by atoms with Gasteiger partial charge in [-0.3, -0.25) is 9.59 Å². The smallest absolute Gasteiger partial charge is 0.247 e. The predicted molar refractivity (Wildman–Crippen MR) is 93.9 cm³/mol. The molecule has 2 fully saturated rings. The third kappa shape index (κ3) is 2.69. The molecule has 2 amide bonds. The molecule has 2 aliphatic heterocycles. The number of para-hydroxylation sites is 1. The normalized spacial score (nSPS) is 20.8. The topological polar surface area (TPSA) is 69.6 Å². The molecule has 4 rings (SSSR count). The zero-order chi connectivity index (χ0) is 17.4. The highest BCUT2D eigenvalue weighted by Crippen LogP contribution is 2.30. The van der Waals surface area contributed by atoms with E-state index in [1.807, 2.05) is 31.2 Å². The first-order chi connectivity index (χ1) is 12.2. The summed E-state index contributed by atoms with van der Waals surface area (Å²) in [6, 6.07) is 7.58. The minimum Gasteiger partial charge on any atom is -0.344 e. The Hall–Kier alpha value is -2.70. The highest BCUT2D eigenvalue weighted by atomic mass is 16.2. The van der Waals surface area contributed by atoms with Gasteiger partial charge in [0.1, 0.15) is 24.7 Å². The molecule has 7 heteroatoms. The molecule has 0 saturated carbocycles. The Labute approximate surface area is 146 Å². The Morgan fingerprint density at radius 2 is 2.12 bits per heavy atom. The molecule has 2 aromatic rings. The maximum atomic E-state index is 13.0. The number of rotatable bonds is 3. The molecule has 7 nitrogen and oxygen atoms in total. The highest BCUT2D eigenvalue weighted by Gasteiger charge is 2.39. The van der Waals surface area contributed by atoms with Gasteiger partial charge in [0, 0.05) is 18.5 Å². The summed E-state index contributed by atoms with van der Waals surface area (Å²) in [5, 5.41) is 0.956. The number of fused-ring (bicyclic) bond motifs is 1. The minimum absolute atomic E-state index is 0.0180. The first kappa shape index (κ1) is 15.8. The van der Waals surface area contributed by atoms with E-state index in [1.54, 1.807) is 16.1 Å². The van der Waals surface area contributed by atoms with E-state index in [-0.39, 0.29) is 24.4 Å². The molecule has 1 atom stereocenters. The lowest BCUT2D eigenvalue weighted by atomic mass is 10.1. The van der Waals surface area contributed by atoms with Gasteiger partial charge in [0.05, 0.1) is 12.2 Å². The van der Waals surface area contributed by atoms with E-state index in [9.17, 15) is 9.59 Å². The summed E-state index contributed by atoms with van der Waals surface area (Å²) in [5.41, 5.74) is 0.874. The average molecular weight is 339 g/mol. The van der Waals surface area contributed by atoms with Crippen LogP contribution < -0.4 is 4.90 Å². The molecule has 25 heavy (non-hydrogen) atoms. The van der Waals surface area contributed by atoms with E-state index in [4.69, 9.17) is 0 Å². The van der Waals surface area contributed by atoms with Crippen molar-refractivity contribution in [2.45, 2.75) is 25.8 Å². The molecule has 1 aromatic carbocycles. The fourth-order valence-electron chi connectivity index (χ4n) is 3.73. The molecule has 1 aromatic heterocycles. The molecular formula is C18H21N5O2. The van der Waals surface area contributed by atoms with E-state index >= 15 is 0 Å². The largest absolute Gasteiger partial charge is 0.344 e. The summed E-state index contributed by atoms with van der Waals surface area (Å²) in [7, 11) is 0. The SMILES string of the molecule is CCN1CN(C(=O)C2CCCN2c2ncnc3ccccc23)CC1=O. The van der Waals surface area contributed by atoms with E-state index in [1.165, 1.54) is 0 Å². The summed E-state index contributed by atoms with van der Waals surface area (Å²) < 4.78 is 0. The summed E-state index contributed by atoms with van der Waals surface area (Å²) in [5.74, 6) is 0.844. The second-order valence-corrected chi connectivity index (χ2v) is 6.49. The lowest BCUT2D eigenvalue weighted by Gasteiger charge is -2.28. The third-order valence-electron chi connectivity index (χ3n) is 5.05. The number of likely N-dealkylation sites (N-methyl/N-ethyl adjacent to an activating group) is 1. The molecule has 3 heterocycles. The number of amides is 2. The fraction of sp³-hybridized carbons (Fsp3) is 0.444. The van der Waals surface area contributed by atoms with Crippen LogP contribution in [0.25, 0.3) is 10.9 Å². The van der Waals surface area contributed by atoms with Gasteiger partial charge in [0.2, 0.25) is 11.8 Å². The van der Waals surface area contributed by atoms with Gasteiger partial charge in [-0.1, -0.05) is 12.1 Å². The van der Waals surface area contributed by atoms with Crippen molar-refractivity contribution in [3.05, 3.63) is 30.6 Å². The van der Waals surface area contributed by atoms with Crippen molar-refractivity contribution in [1.29, 1.82) is 0 Å². The monoisotopic (exact) mass is 339 g/mol. The lowest BCUT2D eigenvalue weighted by Crippen LogP contribution is -2.45. The van der Waals surface area contributed by atoms with Crippen LogP contribution in [0.5, 0.6) is 0 Å².